The van der Waals surface area contributed by atoms with Crippen LogP contribution in [-0.2, 0) is 0 Å². The normalized spacial score (nSPS) is 13.8. The molecule has 1 N–H and O–H groups in total. The van der Waals surface area contributed by atoms with Crippen LogP contribution in [0.15, 0.2) is 176 Å². The van der Waals surface area contributed by atoms with Crippen LogP contribution in [-0.4, -0.2) is 19.6 Å². The van der Waals surface area contributed by atoms with Gasteiger partial charge < -0.3 is 5.11 Å². The number of para-hydroxylation sites is 2. The number of aromatic nitrogens is 3. The summed E-state index contributed by atoms with van der Waals surface area (Å²) in [5.41, 5.74) is 10.3. The first kappa shape index (κ1) is 28.4. The topological polar surface area (TPSA) is 50.9 Å². The lowest BCUT2D eigenvalue weighted by atomic mass is 9.93. The Morgan fingerprint density at radius 1 is 0.561 bits per heavy atom. The van der Waals surface area contributed by atoms with Crippen molar-refractivity contribution in [3.63, 3.8) is 0 Å². The fourth-order valence-corrected chi connectivity index (χ4v) is 7.53. The molecule has 2 aromatic heterocycles. The molecule has 0 saturated carbocycles. The van der Waals surface area contributed by atoms with E-state index in [1.54, 1.807) is 65.4 Å². The Morgan fingerprint density at radius 3 is 1.98 bits per heavy atom. The molecule has 0 aliphatic rings. The smallest absolute Gasteiger partial charge is 0.149 e. The Kier molecular flexibility index (Phi) is 7.41. The standard InChI is InChI=1S/C53H43N3O/c1-34(2)37-22-24-39(25-23-37)41-26-27-54-49(32-41)44-30-42(38-14-7-5-8-15-38)29-43(31-44)46-19-13-20-50-52(46)55-53(47-18-11-12-21-51(47)57)56(50)45-28-35(3)36(4)48(33-45)40-16-9-6-10-17-40/h5-34,57H,1-4H3/i3D3,4D3,34D. The molecule has 0 radical (unpaired) electrons. The Hall–Kier alpha value is -7.04. The first-order valence-electron chi connectivity index (χ1n) is 22.4. The lowest BCUT2D eigenvalue weighted by Crippen LogP contribution is -2.00. The summed E-state index contributed by atoms with van der Waals surface area (Å²) in [5, 5.41) is 11.4. The second kappa shape index (κ2) is 14.9. The predicted molar refractivity (Wildman–Crippen MR) is 237 cm³/mol. The number of aromatic hydroxyl groups is 1. The average Bonchev–Trinajstić information content (AvgIpc) is 3.68. The van der Waals surface area contributed by atoms with Gasteiger partial charge in [-0.2, -0.15) is 0 Å². The fourth-order valence-electron chi connectivity index (χ4n) is 7.53. The van der Waals surface area contributed by atoms with Crippen molar-refractivity contribution >= 4 is 11.0 Å². The number of hydrogen-bond donors (Lipinski definition) is 1. The van der Waals surface area contributed by atoms with Gasteiger partial charge in [0.05, 0.1) is 22.3 Å². The molecular weight excluding hydrogens is 695 g/mol. The number of phenolic OH excluding ortho intramolecular Hbond substituents is 1. The third kappa shape index (κ3) is 6.81. The van der Waals surface area contributed by atoms with Gasteiger partial charge in [0.1, 0.15) is 11.6 Å². The van der Waals surface area contributed by atoms with E-state index in [4.69, 9.17) is 19.6 Å². The number of fused-ring (bicyclic) bond motifs is 1. The zero-order valence-electron chi connectivity index (χ0n) is 38.5. The number of pyridine rings is 1. The lowest BCUT2D eigenvalue weighted by molar-refractivity contribution is 0.477. The van der Waals surface area contributed by atoms with E-state index >= 15 is 0 Å². The minimum atomic E-state index is -2.79. The third-order valence-corrected chi connectivity index (χ3v) is 10.5. The molecule has 0 spiro atoms. The quantitative estimate of drug-likeness (QED) is 0.169. The summed E-state index contributed by atoms with van der Waals surface area (Å²) in [7, 11) is 0. The summed E-state index contributed by atoms with van der Waals surface area (Å²) in [6.45, 7) is -1.79. The molecule has 57 heavy (non-hydrogen) atoms. The maximum Gasteiger partial charge on any atom is 0.149 e. The lowest BCUT2D eigenvalue weighted by Gasteiger charge is -2.16. The van der Waals surface area contributed by atoms with E-state index in [2.05, 4.69) is 36.4 Å². The van der Waals surface area contributed by atoms with E-state index in [9.17, 15) is 5.11 Å². The minimum Gasteiger partial charge on any atom is -0.507 e. The highest BCUT2D eigenvalue weighted by atomic mass is 16.3. The first-order valence-corrected chi connectivity index (χ1v) is 18.9. The van der Waals surface area contributed by atoms with Gasteiger partial charge in [0.15, 0.2) is 0 Å². The zero-order chi connectivity index (χ0) is 45.0. The Labute approximate surface area is 344 Å². The van der Waals surface area contributed by atoms with Crippen LogP contribution in [0.5, 0.6) is 5.75 Å². The number of aryl methyl sites for hydroxylation is 1. The fraction of sp³-hybridized carbons (Fsp3) is 0.0943. The maximum atomic E-state index is 11.4. The number of hydrogen-bond acceptors (Lipinski definition) is 3. The highest BCUT2D eigenvalue weighted by Gasteiger charge is 2.22. The van der Waals surface area contributed by atoms with Crippen molar-refractivity contribution in [2.45, 2.75) is 33.4 Å². The molecule has 0 aliphatic heterocycles. The molecule has 0 unspecified atom stereocenters. The number of phenols is 1. The third-order valence-electron chi connectivity index (χ3n) is 10.5. The van der Waals surface area contributed by atoms with Crippen LogP contribution in [0.1, 0.15) is 46.0 Å². The van der Waals surface area contributed by atoms with Crippen molar-refractivity contribution in [1.82, 2.24) is 14.5 Å². The van der Waals surface area contributed by atoms with Gasteiger partial charge in [-0.25, -0.2) is 4.98 Å². The molecule has 0 aliphatic carbocycles. The van der Waals surface area contributed by atoms with Gasteiger partial charge in [0.2, 0.25) is 0 Å². The van der Waals surface area contributed by atoms with Crippen LogP contribution in [0.4, 0.5) is 0 Å². The van der Waals surface area contributed by atoms with Gasteiger partial charge in [-0.1, -0.05) is 123 Å². The minimum absolute atomic E-state index is 0.0311. The van der Waals surface area contributed by atoms with E-state index in [0.717, 1.165) is 50.2 Å². The summed E-state index contributed by atoms with van der Waals surface area (Å²) in [5.74, 6) is -0.407. The summed E-state index contributed by atoms with van der Waals surface area (Å²) in [6, 6.07) is 53.2. The van der Waals surface area contributed by atoms with E-state index in [-0.39, 0.29) is 22.4 Å². The number of imidazole rings is 1. The van der Waals surface area contributed by atoms with Crippen LogP contribution in [0, 0.1) is 13.7 Å². The summed E-state index contributed by atoms with van der Waals surface area (Å²) in [4.78, 5) is 10.1. The molecule has 7 aromatic carbocycles. The molecule has 0 amide bonds. The van der Waals surface area contributed by atoms with Crippen molar-refractivity contribution in [1.29, 1.82) is 0 Å². The highest BCUT2D eigenvalue weighted by Crippen LogP contribution is 2.41. The first-order chi connectivity index (χ1) is 30.5. The molecular formula is C53H43N3O. The molecule has 0 fully saturated rings. The van der Waals surface area contributed by atoms with E-state index < -0.39 is 19.6 Å². The molecule has 4 heteroatoms. The second-order valence-corrected chi connectivity index (χ2v) is 14.4. The highest BCUT2D eigenvalue weighted by molar-refractivity contribution is 5.98. The summed E-state index contributed by atoms with van der Waals surface area (Å²) >= 11 is 0. The molecule has 0 saturated heterocycles. The van der Waals surface area contributed by atoms with E-state index in [1.165, 1.54) is 6.07 Å². The predicted octanol–water partition coefficient (Wildman–Crippen LogP) is 13.9. The largest absolute Gasteiger partial charge is 0.507 e. The number of nitrogens with zero attached hydrogens (tertiary/aromatic N) is 3. The second-order valence-electron chi connectivity index (χ2n) is 14.4. The summed E-state index contributed by atoms with van der Waals surface area (Å²) in [6.07, 6.45) is 1.80. The monoisotopic (exact) mass is 744 g/mol. The van der Waals surface area contributed by atoms with Crippen LogP contribution in [0.25, 0.3) is 83.9 Å². The van der Waals surface area contributed by atoms with Gasteiger partial charge in [0, 0.05) is 32.6 Å². The van der Waals surface area contributed by atoms with Gasteiger partial charge in [-0.3, -0.25) is 9.55 Å². The zero-order valence-corrected chi connectivity index (χ0v) is 31.5. The van der Waals surface area contributed by atoms with Crippen molar-refractivity contribution in [2.24, 2.45) is 0 Å². The van der Waals surface area contributed by atoms with E-state index in [1.807, 2.05) is 86.6 Å². The molecule has 0 bridgehead atoms. The van der Waals surface area contributed by atoms with Crippen LogP contribution in [0.2, 0.25) is 0 Å². The van der Waals surface area contributed by atoms with E-state index in [0.29, 0.717) is 33.7 Å². The Bertz CT molecular complexity index is 3170. The summed E-state index contributed by atoms with van der Waals surface area (Å²) < 4.78 is 61.8. The molecule has 276 valence electrons. The van der Waals surface area contributed by atoms with Gasteiger partial charge in [-0.15, -0.1) is 0 Å². The van der Waals surface area contributed by atoms with Crippen molar-refractivity contribution < 1.29 is 14.7 Å². The van der Waals surface area contributed by atoms with Crippen LogP contribution >= 0.6 is 0 Å². The van der Waals surface area contributed by atoms with Crippen molar-refractivity contribution in [3.8, 4) is 78.6 Å². The molecule has 2 heterocycles. The van der Waals surface area contributed by atoms with Crippen molar-refractivity contribution in [2.75, 3.05) is 0 Å². The molecule has 4 nitrogen and oxygen atoms in total. The Morgan fingerprint density at radius 2 is 1.25 bits per heavy atom. The molecule has 9 aromatic rings. The van der Waals surface area contributed by atoms with Gasteiger partial charge >= 0.3 is 0 Å². The van der Waals surface area contributed by atoms with Gasteiger partial charge in [-0.05, 0) is 136 Å². The Balaban J connectivity index is 1.30. The van der Waals surface area contributed by atoms with Crippen LogP contribution in [0.3, 0.4) is 0 Å². The maximum absolute atomic E-state index is 11.4. The molecule has 9 rings (SSSR count). The molecule has 0 atom stereocenters. The average molecular weight is 745 g/mol. The number of benzene rings is 7. The van der Waals surface area contributed by atoms with Gasteiger partial charge in [0.25, 0.3) is 0 Å². The number of rotatable bonds is 8. The SMILES string of the molecule is [2H]C([2H])([2H])c1cc(-n2c(-c3ccccc3O)nc3c(-c4cc(-c5ccccc5)cc(-c5cc(-c6ccc(C([2H])(C)C)cc6)ccn5)c4)cccc32)cc(-c2ccccc2)c1C([2H])([2H])[2H]. The van der Waals surface area contributed by atoms with Crippen LogP contribution < -0.4 is 0 Å². The van der Waals surface area contributed by atoms with Crippen molar-refractivity contribution in [3.05, 3.63) is 193 Å².